The van der Waals surface area contributed by atoms with Gasteiger partial charge >= 0.3 is 5.97 Å². The van der Waals surface area contributed by atoms with Crippen LogP contribution in [0.2, 0.25) is 0 Å². The van der Waals surface area contributed by atoms with Crippen molar-refractivity contribution in [1.82, 2.24) is 0 Å². The summed E-state index contributed by atoms with van der Waals surface area (Å²) in [7, 11) is 1.29. The Balaban J connectivity index is 2.52. The molecular weight excluding hydrogens is 236 g/mol. The van der Waals surface area contributed by atoms with E-state index in [0.29, 0.717) is 11.4 Å². The zero-order chi connectivity index (χ0) is 13.5. The highest BCUT2D eigenvalue weighted by Crippen LogP contribution is 2.15. The molecule has 18 heavy (non-hydrogen) atoms. The molecule has 0 aromatic heterocycles. The second-order valence-corrected chi connectivity index (χ2v) is 3.67. The minimum Gasteiger partial charge on any atom is -0.482 e. The lowest BCUT2D eigenvalue weighted by molar-refractivity contribution is -0.142. The maximum atomic E-state index is 11.3. The normalized spacial score (nSPS) is 11.5. The first-order valence-electron chi connectivity index (χ1n) is 5.39. The van der Waals surface area contributed by atoms with Crippen LogP contribution in [0.5, 0.6) is 5.75 Å². The molecule has 0 aliphatic rings. The second-order valence-electron chi connectivity index (χ2n) is 3.67. The average Bonchev–Trinajstić information content (AvgIpc) is 2.37. The van der Waals surface area contributed by atoms with Crippen molar-refractivity contribution in [2.24, 2.45) is 5.73 Å². The summed E-state index contributed by atoms with van der Waals surface area (Å²) in [6.07, 6.45) is 0. The highest BCUT2D eigenvalue weighted by atomic mass is 16.6. The maximum absolute atomic E-state index is 11.3. The van der Waals surface area contributed by atoms with Gasteiger partial charge in [0.25, 0.3) is 0 Å². The van der Waals surface area contributed by atoms with Gasteiger partial charge in [-0.1, -0.05) is 0 Å². The fraction of sp³-hybridized carbons (Fsp3) is 0.333. The van der Waals surface area contributed by atoms with Crippen molar-refractivity contribution in [2.45, 2.75) is 13.0 Å². The van der Waals surface area contributed by atoms with Crippen LogP contribution in [0.1, 0.15) is 6.92 Å². The fourth-order valence-corrected chi connectivity index (χ4v) is 1.09. The Hall–Kier alpha value is -2.08. The Bertz CT molecular complexity index is 415. The van der Waals surface area contributed by atoms with E-state index in [9.17, 15) is 9.59 Å². The zero-order valence-corrected chi connectivity index (χ0v) is 10.3. The molecule has 0 fully saturated rings. The summed E-state index contributed by atoms with van der Waals surface area (Å²) in [5.41, 5.74) is 6.04. The van der Waals surface area contributed by atoms with Crippen molar-refractivity contribution in [2.75, 3.05) is 19.0 Å². The van der Waals surface area contributed by atoms with Crippen LogP contribution >= 0.6 is 0 Å². The molecule has 0 aliphatic carbocycles. The molecule has 0 spiro atoms. The van der Waals surface area contributed by atoms with E-state index in [1.54, 1.807) is 31.2 Å². The number of amides is 1. The van der Waals surface area contributed by atoms with Crippen LogP contribution in [0.15, 0.2) is 24.3 Å². The lowest BCUT2D eigenvalue weighted by Crippen LogP contribution is -2.32. The summed E-state index contributed by atoms with van der Waals surface area (Å²) in [5.74, 6) is -0.207. The van der Waals surface area contributed by atoms with Gasteiger partial charge in [0, 0.05) is 5.69 Å². The van der Waals surface area contributed by atoms with Gasteiger partial charge in [0.05, 0.1) is 13.2 Å². The molecule has 1 atom stereocenters. The number of ether oxygens (including phenoxy) is 2. The summed E-state index contributed by atoms with van der Waals surface area (Å²) < 4.78 is 9.59. The van der Waals surface area contributed by atoms with E-state index in [0.717, 1.165) is 0 Å². The molecule has 6 nitrogen and oxygen atoms in total. The molecule has 0 bridgehead atoms. The number of carbonyl (C=O) groups is 2. The van der Waals surface area contributed by atoms with Gasteiger partial charge in [-0.25, -0.2) is 4.79 Å². The summed E-state index contributed by atoms with van der Waals surface area (Å²) >= 11 is 0. The minimum absolute atomic E-state index is 0.151. The van der Waals surface area contributed by atoms with Gasteiger partial charge in [0.2, 0.25) is 5.91 Å². The third-order valence-electron chi connectivity index (χ3n) is 2.12. The van der Waals surface area contributed by atoms with Gasteiger partial charge in [0.1, 0.15) is 5.75 Å². The number of rotatable bonds is 5. The first-order chi connectivity index (χ1) is 8.52. The summed E-state index contributed by atoms with van der Waals surface area (Å²) in [5, 5.41) is 2.63. The number of nitrogens with one attached hydrogen (secondary N) is 1. The predicted octanol–water partition coefficient (Wildman–Crippen LogP) is 0.524. The van der Waals surface area contributed by atoms with Crippen LogP contribution in [-0.4, -0.2) is 31.6 Å². The number of benzene rings is 1. The van der Waals surface area contributed by atoms with E-state index in [2.05, 4.69) is 10.1 Å². The van der Waals surface area contributed by atoms with Gasteiger partial charge in [-0.15, -0.1) is 0 Å². The summed E-state index contributed by atoms with van der Waals surface area (Å²) in [6.45, 7) is 1.45. The summed E-state index contributed by atoms with van der Waals surface area (Å²) in [4.78, 5) is 22.2. The van der Waals surface area contributed by atoms with Gasteiger partial charge in [0.15, 0.2) is 6.61 Å². The lowest BCUT2D eigenvalue weighted by Gasteiger charge is -2.09. The number of hydrogen-bond donors (Lipinski definition) is 2. The smallest absolute Gasteiger partial charge is 0.343 e. The molecule has 1 amide bonds. The maximum Gasteiger partial charge on any atom is 0.343 e. The van der Waals surface area contributed by atoms with Crippen LogP contribution in [-0.2, 0) is 14.3 Å². The molecule has 0 heterocycles. The molecule has 98 valence electrons. The highest BCUT2D eigenvalue weighted by Gasteiger charge is 2.07. The molecule has 0 saturated carbocycles. The molecule has 0 saturated heterocycles. The van der Waals surface area contributed by atoms with E-state index in [4.69, 9.17) is 10.5 Å². The van der Waals surface area contributed by atoms with E-state index in [1.807, 2.05) is 0 Å². The van der Waals surface area contributed by atoms with Crippen molar-refractivity contribution < 1.29 is 19.1 Å². The van der Waals surface area contributed by atoms with Gasteiger partial charge in [-0.3, -0.25) is 4.79 Å². The van der Waals surface area contributed by atoms with Crippen LogP contribution in [0.25, 0.3) is 0 Å². The van der Waals surface area contributed by atoms with Crippen molar-refractivity contribution in [3.05, 3.63) is 24.3 Å². The second kappa shape index (κ2) is 6.61. The van der Waals surface area contributed by atoms with Crippen LogP contribution in [0.4, 0.5) is 5.69 Å². The molecule has 6 heteroatoms. The molecular formula is C12H16N2O4. The fourth-order valence-electron chi connectivity index (χ4n) is 1.09. The Labute approximate surface area is 105 Å². The Morgan fingerprint density at radius 2 is 1.94 bits per heavy atom. The number of anilines is 1. The van der Waals surface area contributed by atoms with E-state index in [1.165, 1.54) is 7.11 Å². The number of methoxy groups -OCH3 is 1. The van der Waals surface area contributed by atoms with Crippen molar-refractivity contribution in [3.63, 3.8) is 0 Å². The monoisotopic (exact) mass is 252 g/mol. The van der Waals surface area contributed by atoms with Gasteiger partial charge < -0.3 is 20.5 Å². The van der Waals surface area contributed by atoms with Crippen LogP contribution < -0.4 is 15.8 Å². The van der Waals surface area contributed by atoms with Crippen LogP contribution in [0.3, 0.4) is 0 Å². The molecule has 1 unspecified atom stereocenters. The average molecular weight is 252 g/mol. The van der Waals surface area contributed by atoms with Gasteiger partial charge in [-0.05, 0) is 31.2 Å². The SMILES string of the molecule is COC(=O)COc1ccc(NC(=O)C(C)N)cc1. The molecule has 3 N–H and O–H groups in total. The third kappa shape index (κ3) is 4.42. The number of esters is 1. The number of hydrogen-bond acceptors (Lipinski definition) is 5. The summed E-state index contributed by atoms with van der Waals surface area (Å²) in [6, 6.07) is 6.03. The first kappa shape index (κ1) is 14.0. The van der Waals surface area contributed by atoms with E-state index < -0.39 is 12.0 Å². The van der Waals surface area contributed by atoms with Crippen molar-refractivity contribution >= 4 is 17.6 Å². The third-order valence-corrected chi connectivity index (χ3v) is 2.12. The van der Waals surface area contributed by atoms with Crippen molar-refractivity contribution in [3.8, 4) is 5.75 Å². The predicted molar refractivity (Wildman–Crippen MR) is 66.2 cm³/mol. The molecule has 0 radical (unpaired) electrons. The number of carbonyl (C=O) groups excluding carboxylic acids is 2. The largest absolute Gasteiger partial charge is 0.482 e. The highest BCUT2D eigenvalue weighted by molar-refractivity contribution is 5.94. The van der Waals surface area contributed by atoms with Gasteiger partial charge in [-0.2, -0.15) is 0 Å². The first-order valence-corrected chi connectivity index (χ1v) is 5.39. The molecule has 0 aliphatic heterocycles. The molecule has 1 aromatic rings. The Morgan fingerprint density at radius 3 is 2.44 bits per heavy atom. The molecule has 1 aromatic carbocycles. The van der Waals surface area contributed by atoms with Crippen LogP contribution in [0, 0.1) is 0 Å². The zero-order valence-electron chi connectivity index (χ0n) is 10.3. The Kier molecular flexibility index (Phi) is 5.13. The Morgan fingerprint density at radius 1 is 1.33 bits per heavy atom. The standard InChI is InChI=1S/C12H16N2O4/c1-8(13)12(16)14-9-3-5-10(6-4-9)18-7-11(15)17-2/h3-6,8H,7,13H2,1-2H3,(H,14,16). The van der Waals surface area contributed by atoms with Crippen molar-refractivity contribution in [1.29, 1.82) is 0 Å². The molecule has 1 rings (SSSR count). The quantitative estimate of drug-likeness (QED) is 0.746. The lowest BCUT2D eigenvalue weighted by atomic mass is 10.2. The van der Waals surface area contributed by atoms with E-state index in [-0.39, 0.29) is 12.5 Å². The topological polar surface area (TPSA) is 90.6 Å². The van der Waals surface area contributed by atoms with E-state index >= 15 is 0 Å². The number of nitrogens with two attached hydrogens (primary N) is 1. The minimum atomic E-state index is -0.569.